The average molecular weight is 295 g/mol. The number of carbonyl (C=O) groups excluding carboxylic acids is 1. The number of aldehydes is 1. The lowest BCUT2D eigenvalue weighted by Gasteiger charge is -2.28. The van der Waals surface area contributed by atoms with Gasteiger partial charge in [-0.15, -0.1) is 11.3 Å². The molecule has 7 heteroatoms. The lowest BCUT2D eigenvalue weighted by Crippen LogP contribution is -2.37. The topological polar surface area (TPSA) is 55.3 Å². The van der Waals surface area contributed by atoms with Crippen molar-refractivity contribution in [2.24, 2.45) is 0 Å². The van der Waals surface area contributed by atoms with Gasteiger partial charge in [0.15, 0.2) is 11.4 Å². The van der Waals surface area contributed by atoms with Crippen LogP contribution in [0, 0.1) is 0 Å². The molecular formula is C12H13N3O2S2. The summed E-state index contributed by atoms with van der Waals surface area (Å²) in [6, 6.07) is 1.88. The van der Waals surface area contributed by atoms with Crippen LogP contribution in [0.2, 0.25) is 0 Å². The zero-order valence-electron chi connectivity index (χ0n) is 10.5. The molecule has 3 heterocycles. The number of hydrogen-bond acceptors (Lipinski definition) is 7. The molecular weight excluding hydrogens is 282 g/mol. The number of ether oxygens (including phenoxy) is 1. The molecule has 1 aliphatic rings. The number of aromatic nitrogens is 2. The molecule has 0 radical (unpaired) electrons. The molecule has 0 aliphatic carbocycles. The standard InChI is InChI=1S/C12H13N3O2S2/c1-18-12-13-10(15-2-4-17-5-3-15)9-6-8(7-16)19-11(9)14-12/h6-7H,2-5H2,1H3. The fourth-order valence-corrected chi connectivity index (χ4v) is 3.33. The monoisotopic (exact) mass is 295 g/mol. The smallest absolute Gasteiger partial charge is 0.190 e. The summed E-state index contributed by atoms with van der Waals surface area (Å²) in [7, 11) is 0. The third-order valence-corrected chi connectivity index (χ3v) is 4.48. The fraction of sp³-hybridized carbons (Fsp3) is 0.417. The van der Waals surface area contributed by atoms with Crippen LogP contribution in [0.1, 0.15) is 9.67 Å². The second-order valence-electron chi connectivity index (χ2n) is 4.12. The summed E-state index contributed by atoms with van der Waals surface area (Å²) < 4.78 is 5.37. The Balaban J connectivity index is 2.13. The average Bonchev–Trinajstić information content (AvgIpc) is 2.90. The third kappa shape index (κ3) is 2.45. The summed E-state index contributed by atoms with van der Waals surface area (Å²) in [4.78, 5) is 23.8. The summed E-state index contributed by atoms with van der Waals surface area (Å²) >= 11 is 2.93. The van der Waals surface area contributed by atoms with Gasteiger partial charge in [-0.1, -0.05) is 11.8 Å². The van der Waals surface area contributed by atoms with E-state index in [-0.39, 0.29) is 0 Å². The van der Waals surface area contributed by atoms with Crippen LogP contribution in [0.5, 0.6) is 0 Å². The van der Waals surface area contributed by atoms with E-state index in [4.69, 9.17) is 4.74 Å². The highest BCUT2D eigenvalue weighted by Crippen LogP contribution is 2.32. The van der Waals surface area contributed by atoms with Gasteiger partial charge in [0.25, 0.3) is 0 Å². The van der Waals surface area contributed by atoms with E-state index >= 15 is 0 Å². The number of carbonyl (C=O) groups is 1. The normalized spacial score (nSPS) is 15.9. The number of thiophene rings is 1. The van der Waals surface area contributed by atoms with Crippen molar-refractivity contribution in [2.75, 3.05) is 37.5 Å². The Kier molecular flexibility index (Phi) is 3.67. The number of thioether (sulfide) groups is 1. The summed E-state index contributed by atoms with van der Waals surface area (Å²) in [6.07, 6.45) is 2.83. The molecule has 0 spiro atoms. The maximum atomic E-state index is 10.9. The predicted molar refractivity (Wildman–Crippen MR) is 77.6 cm³/mol. The number of nitrogens with zero attached hydrogens (tertiary/aromatic N) is 3. The van der Waals surface area contributed by atoms with Crippen LogP contribution in [0.4, 0.5) is 5.82 Å². The Labute approximate surface area is 119 Å². The van der Waals surface area contributed by atoms with E-state index in [1.165, 1.54) is 23.1 Å². The van der Waals surface area contributed by atoms with E-state index < -0.39 is 0 Å². The SMILES string of the molecule is CSc1nc(N2CCOCC2)c2cc(C=O)sc2n1. The van der Waals surface area contributed by atoms with Crippen LogP contribution >= 0.6 is 23.1 Å². The second-order valence-corrected chi connectivity index (χ2v) is 5.95. The van der Waals surface area contributed by atoms with E-state index in [0.717, 1.165) is 40.6 Å². The van der Waals surface area contributed by atoms with Crippen molar-refractivity contribution < 1.29 is 9.53 Å². The highest BCUT2D eigenvalue weighted by molar-refractivity contribution is 7.98. The fourth-order valence-electron chi connectivity index (χ4n) is 2.07. The van der Waals surface area contributed by atoms with Crippen LogP contribution < -0.4 is 4.90 Å². The third-order valence-electron chi connectivity index (χ3n) is 2.98. The van der Waals surface area contributed by atoms with Gasteiger partial charge in [-0.25, -0.2) is 9.97 Å². The molecule has 100 valence electrons. The number of morpholine rings is 1. The Bertz CT molecular complexity index is 608. The quantitative estimate of drug-likeness (QED) is 0.491. The Morgan fingerprint density at radius 2 is 2.21 bits per heavy atom. The van der Waals surface area contributed by atoms with Gasteiger partial charge in [-0.3, -0.25) is 4.79 Å². The van der Waals surface area contributed by atoms with E-state index in [1.807, 2.05) is 12.3 Å². The lowest BCUT2D eigenvalue weighted by atomic mass is 10.3. The van der Waals surface area contributed by atoms with Crippen molar-refractivity contribution in [3.63, 3.8) is 0 Å². The molecule has 0 bridgehead atoms. The summed E-state index contributed by atoms with van der Waals surface area (Å²) in [5.41, 5.74) is 0. The first-order valence-corrected chi connectivity index (χ1v) is 7.99. The molecule has 0 aromatic carbocycles. The maximum Gasteiger partial charge on any atom is 0.190 e. The van der Waals surface area contributed by atoms with E-state index in [1.54, 1.807) is 0 Å². The van der Waals surface area contributed by atoms with Gasteiger partial charge in [0, 0.05) is 13.1 Å². The molecule has 0 atom stereocenters. The second kappa shape index (κ2) is 5.44. The van der Waals surface area contributed by atoms with Crippen molar-refractivity contribution in [1.29, 1.82) is 0 Å². The zero-order chi connectivity index (χ0) is 13.2. The van der Waals surface area contributed by atoms with Crippen molar-refractivity contribution in [1.82, 2.24) is 9.97 Å². The molecule has 1 fully saturated rings. The Hall–Kier alpha value is -1.18. The van der Waals surface area contributed by atoms with Gasteiger partial charge >= 0.3 is 0 Å². The van der Waals surface area contributed by atoms with Crippen LogP contribution in [-0.4, -0.2) is 48.8 Å². The molecule has 0 unspecified atom stereocenters. The minimum Gasteiger partial charge on any atom is -0.378 e. The van der Waals surface area contributed by atoms with Gasteiger partial charge in [0.2, 0.25) is 0 Å². The molecule has 0 N–H and O–H groups in total. The first-order chi connectivity index (χ1) is 9.31. The Morgan fingerprint density at radius 3 is 2.89 bits per heavy atom. The molecule has 2 aromatic rings. The van der Waals surface area contributed by atoms with E-state index in [9.17, 15) is 4.79 Å². The highest BCUT2D eigenvalue weighted by atomic mass is 32.2. The van der Waals surface area contributed by atoms with Crippen LogP contribution in [0.3, 0.4) is 0 Å². The number of rotatable bonds is 3. The van der Waals surface area contributed by atoms with Gasteiger partial charge < -0.3 is 9.64 Å². The molecule has 0 amide bonds. The molecule has 0 saturated carbocycles. The van der Waals surface area contributed by atoms with Crippen LogP contribution in [0.15, 0.2) is 11.2 Å². The number of anilines is 1. The molecule has 5 nitrogen and oxygen atoms in total. The van der Waals surface area contributed by atoms with Crippen molar-refractivity contribution in [2.45, 2.75) is 5.16 Å². The van der Waals surface area contributed by atoms with Crippen LogP contribution in [0.25, 0.3) is 10.2 Å². The van der Waals surface area contributed by atoms with Crippen molar-refractivity contribution >= 4 is 45.4 Å². The minimum atomic E-state index is 0.692. The molecule has 3 rings (SSSR count). The summed E-state index contributed by atoms with van der Waals surface area (Å²) in [5.74, 6) is 0.919. The minimum absolute atomic E-state index is 0.692. The summed E-state index contributed by atoms with van der Waals surface area (Å²) in [5, 5.41) is 1.71. The van der Waals surface area contributed by atoms with Gasteiger partial charge in [-0.05, 0) is 12.3 Å². The first-order valence-electron chi connectivity index (χ1n) is 5.95. The number of fused-ring (bicyclic) bond motifs is 1. The van der Waals surface area contributed by atoms with E-state index in [2.05, 4.69) is 14.9 Å². The van der Waals surface area contributed by atoms with Gasteiger partial charge in [0.1, 0.15) is 10.6 Å². The largest absolute Gasteiger partial charge is 0.378 e. The molecule has 2 aromatic heterocycles. The zero-order valence-corrected chi connectivity index (χ0v) is 12.1. The highest BCUT2D eigenvalue weighted by Gasteiger charge is 2.18. The molecule has 1 saturated heterocycles. The first kappa shape index (κ1) is 12.8. The Morgan fingerprint density at radius 1 is 1.42 bits per heavy atom. The van der Waals surface area contributed by atoms with Crippen LogP contribution in [-0.2, 0) is 4.74 Å². The molecule has 19 heavy (non-hydrogen) atoms. The number of hydrogen-bond donors (Lipinski definition) is 0. The van der Waals surface area contributed by atoms with E-state index in [0.29, 0.717) is 18.1 Å². The lowest BCUT2D eigenvalue weighted by molar-refractivity contribution is 0.112. The summed E-state index contributed by atoms with van der Waals surface area (Å²) in [6.45, 7) is 3.08. The predicted octanol–water partition coefficient (Wildman–Crippen LogP) is 2.06. The van der Waals surface area contributed by atoms with Crippen molar-refractivity contribution in [3.05, 3.63) is 10.9 Å². The molecule has 1 aliphatic heterocycles. The van der Waals surface area contributed by atoms with Crippen molar-refractivity contribution in [3.8, 4) is 0 Å². The maximum absolute atomic E-state index is 10.9. The van der Waals surface area contributed by atoms with Gasteiger partial charge in [0.05, 0.1) is 23.5 Å². The van der Waals surface area contributed by atoms with Gasteiger partial charge in [-0.2, -0.15) is 0 Å².